The van der Waals surface area contributed by atoms with Crippen LogP contribution in [0, 0.1) is 0 Å². The third-order valence-electron chi connectivity index (χ3n) is 8.63. The van der Waals surface area contributed by atoms with Crippen molar-refractivity contribution in [2.24, 2.45) is 5.73 Å². The van der Waals surface area contributed by atoms with E-state index in [1.165, 1.54) is 4.57 Å². The Morgan fingerprint density at radius 3 is 2.56 bits per heavy atom. The van der Waals surface area contributed by atoms with Gasteiger partial charge in [0.2, 0.25) is 5.95 Å². The van der Waals surface area contributed by atoms with Crippen LogP contribution in [0.5, 0.6) is 0 Å². The van der Waals surface area contributed by atoms with Crippen LogP contribution in [0.1, 0.15) is 57.6 Å². The number of imidazole rings is 1. The van der Waals surface area contributed by atoms with E-state index in [2.05, 4.69) is 39.5 Å². The Balaban J connectivity index is 1.30. The van der Waals surface area contributed by atoms with Gasteiger partial charge in [-0.05, 0) is 32.2 Å². The number of aliphatic hydroxyl groups excluding tert-OH is 1. The van der Waals surface area contributed by atoms with Gasteiger partial charge in [0.05, 0.1) is 18.7 Å². The molecule has 3 aliphatic heterocycles. The van der Waals surface area contributed by atoms with E-state index < -0.39 is 60.6 Å². The number of nitrogen functional groups attached to an aromatic ring is 1. The molecule has 0 spiro atoms. The lowest BCUT2D eigenvalue weighted by molar-refractivity contribution is -0.156. The molecule has 3 fully saturated rings. The first-order valence-electron chi connectivity index (χ1n) is 16.9. The topological polar surface area (TPSA) is 364 Å². The lowest BCUT2D eigenvalue weighted by Gasteiger charge is -2.22. The van der Waals surface area contributed by atoms with Gasteiger partial charge in [0.15, 0.2) is 29.3 Å². The molecule has 2 aromatic heterocycles. The second kappa shape index (κ2) is 18.2. The minimum Gasteiger partial charge on any atom is -0.457 e. The number of rotatable bonds is 21. The fraction of sp³-hybridized carbons (Fsp3) is 0.731. The summed E-state index contributed by atoms with van der Waals surface area (Å²) in [7, 11) is -17.1. The highest BCUT2D eigenvalue weighted by molar-refractivity contribution is 8.00. The number of aromatic nitrogens is 4. The minimum atomic E-state index is -5.85. The molecule has 24 nitrogen and oxygen atoms in total. The standard InChI is InChI=1S/C26H44N9O15P3S/c27-9-5-1-2-6-10-29-25-33-19-22(28)30-13-31-23(19)35(25)24-20(37)21(15(47-24)11-46-52(42,43)50-53(44,45)49-51(39,40)41)48-17(36)8-4-3-7-16-18-14(12-54-16)32-26(38)34-18/h13-16,18,20-21,24,37H,1-12,27H2,(H,29,33)(H,42,43)(H,44,45)(H2,28,30,31)(H2,32,34,38)(H2,39,40,41)/t14-,15+,16-,18-,20+,21+,24+/m0/s1. The second-order valence-corrected chi connectivity index (χ2v) is 18.3. The van der Waals surface area contributed by atoms with Crippen molar-refractivity contribution in [3.63, 3.8) is 0 Å². The smallest absolute Gasteiger partial charge is 0.457 e. The number of amides is 2. The van der Waals surface area contributed by atoms with Gasteiger partial charge in [-0.15, -0.1) is 0 Å². The van der Waals surface area contributed by atoms with Gasteiger partial charge in [-0.1, -0.05) is 19.3 Å². The Labute approximate surface area is 312 Å². The number of carbonyl (C=O) groups excluding carboxylic acids is 2. The molecule has 54 heavy (non-hydrogen) atoms. The number of urea groups is 1. The summed E-state index contributed by atoms with van der Waals surface area (Å²) in [6, 6.07) is -0.177. The normalized spacial score (nSPS) is 27.6. The molecule has 12 N–H and O–H groups in total. The lowest BCUT2D eigenvalue weighted by Crippen LogP contribution is -2.38. The van der Waals surface area contributed by atoms with Crippen LogP contribution < -0.4 is 27.4 Å². The molecule has 28 heteroatoms. The number of unbranched alkanes of at least 4 members (excludes halogenated alkanes) is 4. The summed E-state index contributed by atoms with van der Waals surface area (Å²) in [5, 5.41) is 20.7. The molecule has 304 valence electrons. The average Bonchev–Trinajstić information content (AvgIpc) is 3.81. The van der Waals surface area contributed by atoms with E-state index in [1.54, 1.807) is 11.8 Å². The maximum atomic E-state index is 13.1. The number of nitrogens with zero attached hydrogens (tertiary/aromatic N) is 4. The van der Waals surface area contributed by atoms with E-state index in [1.807, 2.05) is 0 Å². The molecular weight excluding hydrogens is 803 g/mol. The summed E-state index contributed by atoms with van der Waals surface area (Å²) >= 11 is 1.72. The highest BCUT2D eigenvalue weighted by Crippen LogP contribution is 2.66. The first kappa shape index (κ1) is 42.7. The van der Waals surface area contributed by atoms with Gasteiger partial charge < -0.3 is 61.6 Å². The van der Waals surface area contributed by atoms with E-state index in [0.717, 1.165) is 31.3 Å². The van der Waals surface area contributed by atoms with Crippen molar-refractivity contribution in [3.8, 4) is 0 Å². The van der Waals surface area contributed by atoms with Crippen molar-refractivity contribution >= 4 is 70.2 Å². The number of nitrogens with two attached hydrogens (primary N) is 2. The first-order chi connectivity index (χ1) is 25.5. The molecule has 0 aliphatic carbocycles. The lowest BCUT2D eigenvalue weighted by atomic mass is 10.0. The van der Waals surface area contributed by atoms with Gasteiger partial charge in [-0.3, -0.25) is 13.9 Å². The van der Waals surface area contributed by atoms with Gasteiger partial charge in [-0.25, -0.2) is 33.4 Å². The summed E-state index contributed by atoms with van der Waals surface area (Å²) < 4.78 is 60.8. The monoisotopic (exact) mass is 847 g/mol. The Morgan fingerprint density at radius 2 is 1.81 bits per heavy atom. The van der Waals surface area contributed by atoms with Crippen molar-refractivity contribution in [3.05, 3.63) is 6.33 Å². The fourth-order valence-corrected chi connectivity index (χ4v) is 10.8. The molecule has 2 aromatic rings. The zero-order valence-corrected chi connectivity index (χ0v) is 32.1. The molecule has 0 radical (unpaired) electrons. The molecular formula is C26H44N9O15P3S. The molecule has 3 aliphatic rings. The minimum absolute atomic E-state index is 0.00233. The van der Waals surface area contributed by atoms with Crippen LogP contribution in [0.4, 0.5) is 16.6 Å². The molecule has 0 bridgehead atoms. The molecule has 2 amide bonds. The summed E-state index contributed by atoms with van der Waals surface area (Å²) in [6.45, 7) is -0.0437. The quantitative estimate of drug-likeness (QED) is 0.0355. The van der Waals surface area contributed by atoms with Crippen molar-refractivity contribution < 1.29 is 70.6 Å². The van der Waals surface area contributed by atoms with Gasteiger partial charge in [0.1, 0.15) is 18.5 Å². The van der Waals surface area contributed by atoms with E-state index in [4.69, 9.17) is 35.3 Å². The summed E-state index contributed by atoms with van der Waals surface area (Å²) in [5.41, 5.74) is 11.9. The summed E-state index contributed by atoms with van der Waals surface area (Å²) in [5.74, 6) is 0.148. The number of carbonyl (C=O) groups is 2. The van der Waals surface area contributed by atoms with Gasteiger partial charge in [0.25, 0.3) is 0 Å². The van der Waals surface area contributed by atoms with Crippen LogP contribution >= 0.6 is 35.2 Å². The predicted molar refractivity (Wildman–Crippen MR) is 189 cm³/mol. The Hall–Kier alpha value is -2.47. The molecule has 9 atom stereocenters. The third-order valence-corrected chi connectivity index (χ3v) is 13.9. The number of hydrogen-bond acceptors (Lipinski definition) is 18. The van der Waals surface area contributed by atoms with E-state index in [0.29, 0.717) is 38.8 Å². The van der Waals surface area contributed by atoms with Crippen molar-refractivity contribution in [2.45, 2.75) is 93.2 Å². The van der Waals surface area contributed by atoms with Crippen LogP contribution in [0.3, 0.4) is 0 Å². The highest BCUT2D eigenvalue weighted by atomic mass is 32.2. The number of phosphoric acid groups is 3. The van der Waals surface area contributed by atoms with Gasteiger partial charge in [0, 0.05) is 24.0 Å². The van der Waals surface area contributed by atoms with Crippen molar-refractivity contribution in [2.75, 3.05) is 36.5 Å². The number of ether oxygens (including phenoxy) is 2. The Morgan fingerprint density at radius 1 is 1.06 bits per heavy atom. The van der Waals surface area contributed by atoms with Crippen molar-refractivity contribution in [1.82, 2.24) is 30.2 Å². The molecule has 0 saturated carbocycles. The molecule has 5 heterocycles. The zero-order chi connectivity index (χ0) is 39.3. The van der Waals surface area contributed by atoms with E-state index in [9.17, 15) is 38.2 Å². The Bertz CT molecular complexity index is 1790. The average molecular weight is 848 g/mol. The van der Waals surface area contributed by atoms with Crippen molar-refractivity contribution in [1.29, 1.82) is 0 Å². The zero-order valence-electron chi connectivity index (χ0n) is 28.6. The first-order valence-corrected chi connectivity index (χ1v) is 22.5. The van der Waals surface area contributed by atoms with Crippen LogP contribution in [-0.4, -0.2) is 117 Å². The third kappa shape index (κ3) is 11.3. The molecule has 2 unspecified atom stereocenters. The fourth-order valence-electron chi connectivity index (χ4n) is 6.27. The number of thioether (sulfide) groups is 1. The maximum absolute atomic E-state index is 13.1. The number of nitrogens with one attached hydrogen (secondary N) is 3. The Kier molecular flexibility index (Phi) is 14.4. The van der Waals surface area contributed by atoms with E-state index in [-0.39, 0.29) is 52.7 Å². The number of anilines is 2. The van der Waals surface area contributed by atoms with Gasteiger partial charge >= 0.3 is 35.5 Å². The van der Waals surface area contributed by atoms with E-state index >= 15 is 0 Å². The van der Waals surface area contributed by atoms with Gasteiger partial charge in [-0.2, -0.15) is 20.4 Å². The molecule has 0 aromatic carbocycles. The summed E-state index contributed by atoms with van der Waals surface area (Å²) in [6.07, 6.45) is -0.198. The predicted octanol–water partition coefficient (Wildman–Crippen LogP) is 0.579. The van der Waals surface area contributed by atoms with Crippen LogP contribution in [-0.2, 0) is 41.1 Å². The maximum Gasteiger partial charge on any atom is 0.490 e. The summed E-state index contributed by atoms with van der Waals surface area (Å²) in [4.78, 5) is 74.8. The SMILES string of the molecule is NCCCCCCNc1nc2c(N)ncnc2n1[C@@H]1O[C@H](COP(=O)(O)OP(=O)(O)OP(=O)(O)O)[C@@H](OC(=O)CCCC[C@@H]2SC[C@@H]3NC(=O)N[C@@H]32)[C@H]1O. The van der Waals surface area contributed by atoms with Crippen LogP contribution in [0.25, 0.3) is 11.2 Å². The highest BCUT2D eigenvalue weighted by Gasteiger charge is 2.50. The largest absolute Gasteiger partial charge is 0.490 e. The second-order valence-electron chi connectivity index (χ2n) is 12.6. The number of esters is 1. The number of hydrogen-bond donors (Lipinski definition) is 10. The molecule has 5 rings (SSSR count). The number of phosphoric ester groups is 1. The van der Waals surface area contributed by atoms with Crippen LogP contribution in [0.15, 0.2) is 6.33 Å². The number of aliphatic hydroxyl groups is 1. The molecule has 3 saturated heterocycles. The van der Waals surface area contributed by atoms with Crippen LogP contribution in [0.2, 0.25) is 0 Å². The number of fused-ring (bicyclic) bond motifs is 2.